The summed E-state index contributed by atoms with van der Waals surface area (Å²) >= 11 is 1.86. The van der Waals surface area contributed by atoms with Gasteiger partial charge in [-0.2, -0.15) is 17.0 Å². The Morgan fingerprint density at radius 1 is 1.39 bits per heavy atom. The second-order valence-corrected chi connectivity index (χ2v) is 7.13. The van der Waals surface area contributed by atoms with Crippen LogP contribution in [0.25, 0.3) is 0 Å². The fraction of sp³-hybridized carbons (Fsp3) is 0.417. The van der Waals surface area contributed by atoms with E-state index in [2.05, 4.69) is 4.72 Å². The number of hydrogen-bond acceptors (Lipinski definition) is 4. The van der Waals surface area contributed by atoms with Crippen LogP contribution in [0.2, 0.25) is 0 Å². The van der Waals surface area contributed by atoms with Gasteiger partial charge in [-0.05, 0) is 48.1 Å². The second-order valence-electron chi connectivity index (χ2n) is 4.22. The van der Waals surface area contributed by atoms with Crippen LogP contribution >= 0.6 is 11.8 Å². The molecule has 0 saturated carbocycles. The van der Waals surface area contributed by atoms with Crippen LogP contribution in [0.15, 0.2) is 29.2 Å². The molecular weight excluding hydrogens is 268 g/mol. The van der Waals surface area contributed by atoms with Crippen molar-refractivity contribution in [2.24, 2.45) is 5.92 Å². The van der Waals surface area contributed by atoms with E-state index in [1.54, 1.807) is 0 Å². The normalized spacial score (nSPS) is 19.6. The summed E-state index contributed by atoms with van der Waals surface area (Å²) in [5.41, 5.74) is 0.459. The summed E-state index contributed by atoms with van der Waals surface area (Å²) in [6.45, 7) is 0.495. The molecule has 1 heterocycles. The maximum absolute atomic E-state index is 12.0. The number of nitriles is 1. The fourth-order valence-electron chi connectivity index (χ4n) is 1.76. The first kappa shape index (κ1) is 13.4. The Hall–Kier alpha value is -1.03. The molecule has 96 valence electrons. The van der Waals surface area contributed by atoms with Gasteiger partial charge in [0.05, 0.1) is 16.5 Å². The first-order valence-corrected chi connectivity index (χ1v) is 8.33. The molecule has 1 aromatic rings. The smallest absolute Gasteiger partial charge is 0.211 e. The Bertz CT molecular complexity index is 540. The molecule has 1 aliphatic heterocycles. The zero-order valence-corrected chi connectivity index (χ0v) is 11.4. The third-order valence-electron chi connectivity index (χ3n) is 2.88. The number of sulfonamides is 1. The van der Waals surface area contributed by atoms with Crippen LogP contribution in [-0.2, 0) is 10.0 Å². The zero-order valence-electron chi connectivity index (χ0n) is 9.80. The standard InChI is InChI=1S/C12H14N2O2S2/c13-7-10-1-3-12(4-2-10)18(15,16)14-8-11-5-6-17-9-11/h1-4,11,14H,5-6,8-9H2. The first-order chi connectivity index (χ1) is 8.62. The second kappa shape index (κ2) is 5.74. The van der Waals surface area contributed by atoms with Gasteiger partial charge in [0.1, 0.15) is 0 Å². The Morgan fingerprint density at radius 2 is 2.11 bits per heavy atom. The van der Waals surface area contributed by atoms with Crippen molar-refractivity contribution in [3.05, 3.63) is 29.8 Å². The molecule has 0 bridgehead atoms. The van der Waals surface area contributed by atoms with E-state index in [-0.39, 0.29) is 4.90 Å². The highest BCUT2D eigenvalue weighted by Gasteiger charge is 2.19. The topological polar surface area (TPSA) is 70.0 Å². The van der Waals surface area contributed by atoms with E-state index in [1.807, 2.05) is 17.8 Å². The van der Waals surface area contributed by atoms with E-state index in [4.69, 9.17) is 5.26 Å². The van der Waals surface area contributed by atoms with E-state index < -0.39 is 10.0 Å². The highest BCUT2D eigenvalue weighted by molar-refractivity contribution is 7.99. The lowest BCUT2D eigenvalue weighted by Crippen LogP contribution is -2.29. The average molecular weight is 282 g/mol. The molecule has 18 heavy (non-hydrogen) atoms. The van der Waals surface area contributed by atoms with Crippen molar-refractivity contribution in [1.29, 1.82) is 5.26 Å². The van der Waals surface area contributed by atoms with Crippen molar-refractivity contribution >= 4 is 21.8 Å². The van der Waals surface area contributed by atoms with Crippen LogP contribution < -0.4 is 4.72 Å². The van der Waals surface area contributed by atoms with Crippen LogP contribution in [0.3, 0.4) is 0 Å². The summed E-state index contributed by atoms with van der Waals surface area (Å²) in [5.74, 6) is 2.57. The van der Waals surface area contributed by atoms with E-state index in [0.29, 0.717) is 18.0 Å². The number of rotatable bonds is 4. The van der Waals surface area contributed by atoms with Gasteiger partial charge in [-0.25, -0.2) is 13.1 Å². The van der Waals surface area contributed by atoms with Gasteiger partial charge >= 0.3 is 0 Å². The Morgan fingerprint density at radius 3 is 2.67 bits per heavy atom. The van der Waals surface area contributed by atoms with Crippen LogP contribution in [0.5, 0.6) is 0 Å². The predicted molar refractivity (Wildman–Crippen MR) is 71.8 cm³/mol. The number of hydrogen-bond donors (Lipinski definition) is 1. The van der Waals surface area contributed by atoms with Crippen molar-refractivity contribution in [2.45, 2.75) is 11.3 Å². The summed E-state index contributed by atoms with van der Waals surface area (Å²) in [4.78, 5) is 0.215. The fourth-order valence-corrected chi connectivity index (χ4v) is 4.16. The summed E-state index contributed by atoms with van der Waals surface area (Å²) in [5, 5.41) is 8.66. The monoisotopic (exact) mass is 282 g/mol. The van der Waals surface area contributed by atoms with Gasteiger partial charge in [0, 0.05) is 6.54 Å². The molecule has 1 atom stereocenters. The third-order valence-corrected chi connectivity index (χ3v) is 5.55. The number of benzene rings is 1. The summed E-state index contributed by atoms with van der Waals surface area (Å²) in [7, 11) is -3.44. The van der Waals surface area contributed by atoms with Crippen molar-refractivity contribution < 1.29 is 8.42 Å². The van der Waals surface area contributed by atoms with Crippen LogP contribution in [-0.4, -0.2) is 26.5 Å². The largest absolute Gasteiger partial charge is 0.240 e. The van der Waals surface area contributed by atoms with Crippen LogP contribution in [0.1, 0.15) is 12.0 Å². The molecule has 0 aliphatic carbocycles. The first-order valence-electron chi connectivity index (χ1n) is 5.69. The highest BCUT2D eigenvalue weighted by atomic mass is 32.2. The number of nitrogens with zero attached hydrogens (tertiary/aromatic N) is 1. The Balaban J connectivity index is 2.02. The molecular formula is C12H14N2O2S2. The zero-order chi connectivity index (χ0) is 13.0. The molecule has 1 saturated heterocycles. The van der Waals surface area contributed by atoms with E-state index in [1.165, 1.54) is 24.3 Å². The Kier molecular flexibility index (Phi) is 4.27. The van der Waals surface area contributed by atoms with Gasteiger partial charge in [-0.3, -0.25) is 0 Å². The minimum atomic E-state index is -3.44. The molecule has 4 nitrogen and oxygen atoms in total. The molecule has 1 fully saturated rings. The van der Waals surface area contributed by atoms with E-state index in [9.17, 15) is 8.42 Å². The van der Waals surface area contributed by atoms with Gasteiger partial charge in [0.25, 0.3) is 0 Å². The highest BCUT2D eigenvalue weighted by Crippen LogP contribution is 2.23. The molecule has 0 aromatic heterocycles. The average Bonchev–Trinajstić information content (AvgIpc) is 2.90. The van der Waals surface area contributed by atoms with E-state index in [0.717, 1.165) is 17.9 Å². The lowest BCUT2D eigenvalue weighted by Gasteiger charge is -2.10. The molecule has 1 aromatic carbocycles. The quantitative estimate of drug-likeness (QED) is 0.910. The lowest BCUT2D eigenvalue weighted by molar-refractivity contribution is 0.546. The maximum atomic E-state index is 12.0. The molecule has 2 rings (SSSR count). The van der Waals surface area contributed by atoms with Crippen molar-refractivity contribution in [1.82, 2.24) is 4.72 Å². The molecule has 0 radical (unpaired) electrons. The van der Waals surface area contributed by atoms with E-state index >= 15 is 0 Å². The van der Waals surface area contributed by atoms with Crippen molar-refractivity contribution in [2.75, 3.05) is 18.1 Å². The van der Waals surface area contributed by atoms with Crippen LogP contribution in [0.4, 0.5) is 0 Å². The number of nitrogens with one attached hydrogen (secondary N) is 1. The maximum Gasteiger partial charge on any atom is 0.240 e. The third kappa shape index (κ3) is 3.25. The Labute approximate surface area is 111 Å². The molecule has 0 spiro atoms. The summed E-state index contributed by atoms with van der Waals surface area (Å²) < 4.78 is 26.6. The SMILES string of the molecule is N#Cc1ccc(S(=O)(=O)NCC2CCSC2)cc1. The minimum absolute atomic E-state index is 0.215. The number of thioether (sulfide) groups is 1. The molecule has 6 heteroatoms. The van der Waals surface area contributed by atoms with Crippen LogP contribution in [0, 0.1) is 17.2 Å². The lowest BCUT2D eigenvalue weighted by atomic mass is 10.1. The molecule has 1 aliphatic rings. The van der Waals surface area contributed by atoms with Gasteiger partial charge in [0.2, 0.25) is 10.0 Å². The molecule has 1 N–H and O–H groups in total. The molecule has 1 unspecified atom stereocenters. The van der Waals surface area contributed by atoms with Crippen molar-refractivity contribution in [3.63, 3.8) is 0 Å². The minimum Gasteiger partial charge on any atom is -0.211 e. The molecule has 0 amide bonds. The summed E-state index contributed by atoms with van der Waals surface area (Å²) in [6.07, 6.45) is 1.07. The van der Waals surface area contributed by atoms with Gasteiger partial charge < -0.3 is 0 Å². The van der Waals surface area contributed by atoms with Gasteiger partial charge in [-0.1, -0.05) is 0 Å². The van der Waals surface area contributed by atoms with Gasteiger partial charge in [0.15, 0.2) is 0 Å². The predicted octanol–water partition coefficient (Wildman–Crippen LogP) is 1.59. The van der Waals surface area contributed by atoms with Crippen molar-refractivity contribution in [3.8, 4) is 6.07 Å². The van der Waals surface area contributed by atoms with Gasteiger partial charge in [-0.15, -0.1) is 0 Å². The summed E-state index contributed by atoms with van der Waals surface area (Å²) in [6, 6.07) is 7.92.